The molecule has 4 aromatic rings. The van der Waals surface area contributed by atoms with Crippen molar-refractivity contribution >= 4 is 49.9 Å². The van der Waals surface area contributed by atoms with Crippen LogP contribution in [0.15, 0.2) is 57.8 Å². The van der Waals surface area contributed by atoms with Gasteiger partial charge in [-0.25, -0.2) is 0 Å². The van der Waals surface area contributed by atoms with Crippen LogP contribution in [0.5, 0.6) is 0 Å². The molecule has 4 nitrogen and oxygen atoms in total. The maximum Gasteiger partial charge on any atom is 0.291 e. The van der Waals surface area contributed by atoms with Crippen molar-refractivity contribution in [2.24, 2.45) is 0 Å². The van der Waals surface area contributed by atoms with E-state index in [2.05, 4.69) is 26.0 Å². The smallest absolute Gasteiger partial charge is 0.266 e. The minimum absolute atomic E-state index is 0.161. The molecule has 0 saturated heterocycles. The predicted molar refractivity (Wildman–Crippen MR) is 101 cm³/mol. The lowest BCUT2D eigenvalue weighted by Crippen LogP contribution is -2.23. The zero-order chi connectivity index (χ0) is 16.7. The first-order valence-electron chi connectivity index (χ1n) is 7.03. The van der Waals surface area contributed by atoms with Crippen molar-refractivity contribution in [2.75, 3.05) is 0 Å². The van der Waals surface area contributed by atoms with E-state index in [4.69, 9.17) is 11.6 Å². The predicted octanol–water partition coefficient (Wildman–Crippen LogP) is 3.78. The average molecular weight is 419 g/mol. The fraction of sp³-hybridized carbons (Fsp3) is 0. The van der Waals surface area contributed by atoms with Gasteiger partial charge in [0.15, 0.2) is 5.82 Å². The van der Waals surface area contributed by atoms with E-state index in [0.717, 1.165) is 15.6 Å². The van der Waals surface area contributed by atoms with Crippen LogP contribution in [0.1, 0.15) is 5.56 Å². The normalized spacial score (nSPS) is 12.2. The Labute approximate surface area is 154 Å². The van der Waals surface area contributed by atoms with Crippen LogP contribution in [0.3, 0.4) is 0 Å². The van der Waals surface area contributed by atoms with E-state index >= 15 is 0 Å². The highest BCUT2D eigenvalue weighted by atomic mass is 79.9. The number of rotatable bonds is 2. The van der Waals surface area contributed by atoms with E-state index in [1.165, 1.54) is 15.9 Å². The number of nitrogens with zero attached hydrogens (tertiary/aromatic N) is 3. The Morgan fingerprint density at radius 1 is 1.08 bits per heavy atom. The van der Waals surface area contributed by atoms with Gasteiger partial charge in [0.1, 0.15) is 0 Å². The molecule has 0 saturated carbocycles. The summed E-state index contributed by atoms with van der Waals surface area (Å²) in [5.41, 5.74) is 1.62. The van der Waals surface area contributed by atoms with E-state index in [1.54, 1.807) is 12.1 Å². The van der Waals surface area contributed by atoms with E-state index in [-0.39, 0.29) is 5.56 Å². The topological polar surface area (TPSA) is 47.3 Å². The first-order chi connectivity index (χ1) is 11.6. The number of thiazole rings is 1. The molecular weight excluding hydrogens is 410 g/mol. The summed E-state index contributed by atoms with van der Waals surface area (Å²) in [7, 11) is 0. The average Bonchev–Trinajstić information content (AvgIpc) is 3.11. The second-order valence-corrected chi connectivity index (χ2v) is 7.47. The van der Waals surface area contributed by atoms with Crippen LogP contribution in [0.4, 0.5) is 0 Å². The Kier molecular flexibility index (Phi) is 3.96. The zero-order valence-electron chi connectivity index (χ0n) is 12.1. The zero-order valence-corrected chi connectivity index (χ0v) is 15.3. The molecule has 0 radical (unpaired) electrons. The molecule has 7 heteroatoms. The van der Waals surface area contributed by atoms with Crippen molar-refractivity contribution < 1.29 is 0 Å². The van der Waals surface area contributed by atoms with Crippen molar-refractivity contribution in [3.8, 4) is 11.4 Å². The van der Waals surface area contributed by atoms with Gasteiger partial charge >= 0.3 is 0 Å². The summed E-state index contributed by atoms with van der Waals surface area (Å²) in [5.74, 6) is 0.519. The first kappa shape index (κ1) is 15.5. The van der Waals surface area contributed by atoms with Gasteiger partial charge < -0.3 is 0 Å². The van der Waals surface area contributed by atoms with Crippen molar-refractivity contribution in [2.45, 2.75) is 0 Å². The molecular formula is C17H9BrClN3OS. The first-order valence-corrected chi connectivity index (χ1v) is 9.02. The van der Waals surface area contributed by atoms with Crippen LogP contribution in [-0.2, 0) is 0 Å². The van der Waals surface area contributed by atoms with Gasteiger partial charge in [0.05, 0.1) is 4.53 Å². The Balaban J connectivity index is 1.79. The van der Waals surface area contributed by atoms with Gasteiger partial charge in [0.2, 0.25) is 4.96 Å². The summed E-state index contributed by atoms with van der Waals surface area (Å²) >= 11 is 10.6. The molecule has 4 rings (SSSR count). The molecule has 2 aromatic carbocycles. The highest BCUT2D eigenvalue weighted by molar-refractivity contribution is 9.10. The van der Waals surface area contributed by atoms with Gasteiger partial charge in [-0.2, -0.15) is 9.50 Å². The van der Waals surface area contributed by atoms with E-state index in [9.17, 15) is 4.79 Å². The van der Waals surface area contributed by atoms with Crippen LogP contribution in [0.25, 0.3) is 22.4 Å². The highest BCUT2D eigenvalue weighted by Gasteiger charge is 2.11. The van der Waals surface area contributed by atoms with Crippen molar-refractivity contribution in [1.29, 1.82) is 0 Å². The van der Waals surface area contributed by atoms with Crippen molar-refractivity contribution in [3.63, 3.8) is 0 Å². The molecule has 0 fully saturated rings. The Morgan fingerprint density at radius 2 is 1.79 bits per heavy atom. The number of benzene rings is 2. The second-order valence-electron chi connectivity index (χ2n) is 5.10. The van der Waals surface area contributed by atoms with Gasteiger partial charge in [0.25, 0.3) is 5.56 Å². The van der Waals surface area contributed by atoms with Crippen LogP contribution in [0.2, 0.25) is 5.02 Å². The van der Waals surface area contributed by atoms with Crippen molar-refractivity contribution in [3.05, 3.63) is 78.5 Å². The number of aromatic nitrogens is 3. The molecule has 118 valence electrons. The summed E-state index contributed by atoms with van der Waals surface area (Å²) in [6.45, 7) is 0. The van der Waals surface area contributed by atoms with Crippen LogP contribution in [-0.4, -0.2) is 14.6 Å². The summed E-state index contributed by atoms with van der Waals surface area (Å²) in [4.78, 5) is 17.5. The fourth-order valence-electron chi connectivity index (χ4n) is 2.27. The molecule has 0 N–H and O–H groups in total. The van der Waals surface area contributed by atoms with E-state index in [0.29, 0.717) is 20.3 Å². The summed E-state index contributed by atoms with van der Waals surface area (Å²) < 4.78 is 2.95. The van der Waals surface area contributed by atoms with Gasteiger partial charge in [-0.1, -0.05) is 51.0 Å². The Hall–Kier alpha value is -2.02. The largest absolute Gasteiger partial charge is 0.291 e. The molecule has 0 spiro atoms. The van der Waals surface area contributed by atoms with Gasteiger partial charge in [-0.15, -0.1) is 5.10 Å². The minimum Gasteiger partial charge on any atom is -0.266 e. The van der Waals surface area contributed by atoms with E-state index < -0.39 is 0 Å². The quantitative estimate of drug-likeness (QED) is 0.498. The molecule has 0 aliphatic rings. The second kappa shape index (κ2) is 6.12. The highest BCUT2D eigenvalue weighted by Crippen LogP contribution is 2.19. The maximum atomic E-state index is 12.5. The van der Waals surface area contributed by atoms with Crippen molar-refractivity contribution in [1.82, 2.24) is 14.6 Å². The molecule has 0 atom stereocenters. The minimum atomic E-state index is -0.161. The third-order valence-electron chi connectivity index (χ3n) is 3.45. The summed E-state index contributed by atoms with van der Waals surface area (Å²) in [6, 6.07) is 15.0. The third-order valence-corrected chi connectivity index (χ3v) is 5.19. The fourth-order valence-corrected chi connectivity index (χ4v) is 3.56. The summed E-state index contributed by atoms with van der Waals surface area (Å²) in [5, 5.41) is 4.97. The SMILES string of the molecule is O=c1/c(=C/c2ccc(Br)cc2)sc2nc(-c3ccc(Cl)cc3)nn12. The third kappa shape index (κ3) is 2.88. The van der Waals surface area contributed by atoms with E-state index in [1.807, 2.05) is 42.5 Å². The molecule has 0 aliphatic heterocycles. The number of hydrogen-bond donors (Lipinski definition) is 0. The molecule has 0 unspecified atom stereocenters. The molecule has 0 amide bonds. The molecule has 24 heavy (non-hydrogen) atoms. The number of halogens is 2. The molecule has 0 bridgehead atoms. The van der Waals surface area contributed by atoms with Gasteiger partial charge in [-0.05, 0) is 48.0 Å². The number of fused-ring (bicyclic) bond motifs is 1. The number of hydrogen-bond acceptors (Lipinski definition) is 4. The Bertz CT molecular complexity index is 1130. The lowest BCUT2D eigenvalue weighted by molar-refractivity contribution is 0.937. The lowest BCUT2D eigenvalue weighted by atomic mass is 10.2. The molecule has 2 aromatic heterocycles. The van der Waals surface area contributed by atoms with Crippen LogP contribution >= 0.6 is 38.9 Å². The standard InChI is InChI=1S/C17H9BrClN3OS/c18-12-5-1-10(2-6-12)9-14-16(23)22-17(24-14)20-15(21-22)11-3-7-13(19)8-4-11/h1-9H/b14-9-. The lowest BCUT2D eigenvalue weighted by Gasteiger charge is -1.94. The maximum absolute atomic E-state index is 12.5. The molecule has 2 heterocycles. The molecule has 0 aliphatic carbocycles. The van der Waals surface area contributed by atoms with Crippen LogP contribution < -0.4 is 10.1 Å². The van der Waals surface area contributed by atoms with Gasteiger partial charge in [0, 0.05) is 15.1 Å². The van der Waals surface area contributed by atoms with Gasteiger partial charge in [-0.3, -0.25) is 4.79 Å². The summed E-state index contributed by atoms with van der Waals surface area (Å²) in [6.07, 6.45) is 1.85. The van der Waals surface area contributed by atoms with Crippen LogP contribution in [0, 0.1) is 0 Å². The monoisotopic (exact) mass is 417 g/mol. The Morgan fingerprint density at radius 3 is 2.46 bits per heavy atom.